The molecule has 2 fully saturated rings. The molecule has 0 aromatic carbocycles. The van der Waals surface area contributed by atoms with Crippen LogP contribution in [-0.4, -0.2) is 90.7 Å². The largest absolute Gasteiger partial charge is 0.481 e. The Morgan fingerprint density at radius 2 is 1.93 bits per heavy atom. The van der Waals surface area contributed by atoms with Gasteiger partial charge in [0, 0.05) is 63.6 Å². The Kier molecular flexibility index (Phi) is 6.84. The van der Waals surface area contributed by atoms with E-state index < -0.39 is 0 Å². The summed E-state index contributed by atoms with van der Waals surface area (Å²) in [7, 11) is 1.61. The minimum absolute atomic E-state index is 0.143. The monoisotopic (exact) mass is 376 g/mol. The van der Waals surface area contributed by atoms with E-state index in [1.54, 1.807) is 19.4 Å². The molecule has 0 aliphatic carbocycles. The minimum atomic E-state index is 0.143. The van der Waals surface area contributed by atoms with Gasteiger partial charge in [0.15, 0.2) is 0 Å². The number of nitrogens with zero attached hydrogens (tertiary/aromatic N) is 5. The topological polar surface area (TPSA) is 73.8 Å². The fourth-order valence-electron chi connectivity index (χ4n) is 3.74. The number of anilines is 1. The fourth-order valence-corrected chi connectivity index (χ4v) is 3.74. The Hall–Kier alpha value is -1.93. The molecule has 0 bridgehead atoms. The van der Waals surface area contributed by atoms with Crippen molar-refractivity contribution in [2.24, 2.45) is 0 Å². The van der Waals surface area contributed by atoms with E-state index in [1.807, 2.05) is 0 Å². The Balaban J connectivity index is 1.39. The van der Waals surface area contributed by atoms with Crippen LogP contribution in [0.4, 0.5) is 5.95 Å². The molecule has 0 atom stereocenters. The van der Waals surface area contributed by atoms with Gasteiger partial charge in [0.1, 0.15) is 0 Å². The highest BCUT2D eigenvalue weighted by atomic mass is 16.5. The average Bonchev–Trinajstić information content (AvgIpc) is 2.69. The molecule has 2 aliphatic heterocycles. The number of carbonyl (C=O) groups is 1. The molecule has 0 spiro atoms. The maximum atomic E-state index is 12.4. The van der Waals surface area contributed by atoms with E-state index in [0.29, 0.717) is 30.5 Å². The van der Waals surface area contributed by atoms with Gasteiger partial charge in [-0.2, -0.15) is 4.98 Å². The summed E-state index contributed by atoms with van der Waals surface area (Å²) in [5.74, 6) is 1.41. The summed E-state index contributed by atoms with van der Waals surface area (Å²) >= 11 is 0. The summed E-state index contributed by atoms with van der Waals surface area (Å²) in [4.78, 5) is 27.9. The lowest BCUT2D eigenvalue weighted by molar-refractivity contribution is -0.123. The molecule has 1 aromatic rings. The molecule has 1 amide bonds. The predicted octanol–water partition coefficient (Wildman–Crippen LogP) is 0.596. The number of hydrogen-bond donors (Lipinski definition) is 1. The molecule has 0 unspecified atom stereocenters. The number of aromatic nitrogens is 2. The lowest BCUT2D eigenvalue weighted by Crippen LogP contribution is -2.52. The van der Waals surface area contributed by atoms with Crippen molar-refractivity contribution >= 4 is 11.9 Å². The first-order valence-electron chi connectivity index (χ1n) is 9.93. The number of rotatable bonds is 6. The van der Waals surface area contributed by atoms with Gasteiger partial charge >= 0.3 is 0 Å². The van der Waals surface area contributed by atoms with Crippen LogP contribution < -0.4 is 15.0 Å². The summed E-state index contributed by atoms with van der Waals surface area (Å²) in [5.41, 5.74) is 0. The summed E-state index contributed by atoms with van der Waals surface area (Å²) < 4.78 is 5.17. The third-order valence-electron chi connectivity index (χ3n) is 5.47. The number of likely N-dealkylation sites (tertiary alicyclic amines) is 1. The van der Waals surface area contributed by atoms with Crippen molar-refractivity contribution < 1.29 is 9.53 Å². The van der Waals surface area contributed by atoms with E-state index >= 15 is 0 Å². The fraction of sp³-hybridized carbons (Fsp3) is 0.737. The highest BCUT2D eigenvalue weighted by Gasteiger charge is 2.24. The van der Waals surface area contributed by atoms with Gasteiger partial charge < -0.3 is 19.9 Å². The van der Waals surface area contributed by atoms with Crippen LogP contribution in [0.5, 0.6) is 5.88 Å². The second-order valence-electron chi connectivity index (χ2n) is 7.63. The Morgan fingerprint density at radius 1 is 1.22 bits per heavy atom. The molecule has 0 saturated carbocycles. The van der Waals surface area contributed by atoms with Crippen LogP contribution in [0.3, 0.4) is 0 Å². The summed E-state index contributed by atoms with van der Waals surface area (Å²) in [6.07, 6.45) is 3.81. The number of methoxy groups -OCH3 is 1. The summed E-state index contributed by atoms with van der Waals surface area (Å²) in [6, 6.07) is 2.65. The molecule has 27 heavy (non-hydrogen) atoms. The molecule has 2 saturated heterocycles. The van der Waals surface area contributed by atoms with Gasteiger partial charge in [0.05, 0.1) is 13.7 Å². The van der Waals surface area contributed by atoms with Gasteiger partial charge in [-0.15, -0.1) is 0 Å². The smallest absolute Gasteiger partial charge is 0.234 e. The number of hydrogen-bond acceptors (Lipinski definition) is 7. The standard InChI is InChI=1S/C19H32N6O2/c1-15(2)24-8-5-16(6-9-24)21-17(26)14-23-10-12-25(13-11-23)19-20-7-4-18(22-19)27-3/h4,7,15-16H,5-6,8-14H2,1-3H3,(H,21,26). The Labute approximate surface area is 161 Å². The lowest BCUT2D eigenvalue weighted by Gasteiger charge is -2.36. The van der Waals surface area contributed by atoms with Crippen LogP contribution in [0.1, 0.15) is 26.7 Å². The zero-order valence-corrected chi connectivity index (χ0v) is 16.7. The normalized spacial score (nSPS) is 20.1. The van der Waals surface area contributed by atoms with Gasteiger partial charge in [0.25, 0.3) is 0 Å². The van der Waals surface area contributed by atoms with Crippen LogP contribution >= 0.6 is 0 Å². The number of nitrogens with one attached hydrogen (secondary N) is 1. The number of amides is 1. The zero-order valence-electron chi connectivity index (χ0n) is 16.7. The number of ether oxygens (including phenoxy) is 1. The Morgan fingerprint density at radius 3 is 2.56 bits per heavy atom. The van der Waals surface area contributed by atoms with Crippen molar-refractivity contribution in [3.05, 3.63) is 12.3 Å². The molecular formula is C19H32N6O2. The van der Waals surface area contributed by atoms with Crippen molar-refractivity contribution in [3.8, 4) is 5.88 Å². The van der Waals surface area contributed by atoms with Gasteiger partial charge in [0.2, 0.25) is 17.7 Å². The van der Waals surface area contributed by atoms with Crippen molar-refractivity contribution in [1.82, 2.24) is 25.1 Å². The lowest BCUT2D eigenvalue weighted by atomic mass is 10.0. The Bertz CT molecular complexity index is 610. The molecule has 8 nitrogen and oxygen atoms in total. The van der Waals surface area contributed by atoms with Crippen molar-refractivity contribution in [2.75, 3.05) is 57.8 Å². The first-order valence-corrected chi connectivity index (χ1v) is 9.93. The van der Waals surface area contributed by atoms with Crippen LogP contribution in [0, 0.1) is 0 Å². The molecule has 3 rings (SSSR count). The van der Waals surface area contributed by atoms with Crippen molar-refractivity contribution in [3.63, 3.8) is 0 Å². The first kappa shape index (κ1) is 19.8. The van der Waals surface area contributed by atoms with Crippen LogP contribution in [0.15, 0.2) is 12.3 Å². The predicted molar refractivity (Wildman–Crippen MR) is 105 cm³/mol. The van der Waals surface area contributed by atoms with Gasteiger partial charge in [-0.05, 0) is 26.7 Å². The summed E-state index contributed by atoms with van der Waals surface area (Å²) in [5, 5.41) is 3.22. The van der Waals surface area contributed by atoms with Crippen molar-refractivity contribution in [1.29, 1.82) is 0 Å². The number of piperazine rings is 1. The van der Waals surface area contributed by atoms with E-state index in [9.17, 15) is 4.79 Å². The van der Waals surface area contributed by atoms with Gasteiger partial charge in [-0.25, -0.2) is 4.98 Å². The second kappa shape index (κ2) is 9.32. The molecule has 2 aliphatic rings. The van der Waals surface area contributed by atoms with E-state index in [2.05, 4.69) is 43.8 Å². The van der Waals surface area contributed by atoms with Crippen LogP contribution in [-0.2, 0) is 4.79 Å². The molecule has 3 heterocycles. The highest BCUT2D eigenvalue weighted by Crippen LogP contribution is 2.15. The highest BCUT2D eigenvalue weighted by molar-refractivity contribution is 5.78. The third kappa shape index (κ3) is 5.52. The second-order valence-corrected chi connectivity index (χ2v) is 7.63. The SMILES string of the molecule is COc1ccnc(N2CCN(CC(=O)NC3CCN(C(C)C)CC3)CC2)n1. The zero-order chi connectivity index (χ0) is 19.2. The van der Waals surface area contributed by atoms with E-state index in [0.717, 1.165) is 52.1 Å². The molecule has 1 aromatic heterocycles. The number of piperidine rings is 1. The van der Waals surface area contributed by atoms with Crippen LogP contribution in [0.25, 0.3) is 0 Å². The third-order valence-corrected chi connectivity index (χ3v) is 5.47. The van der Waals surface area contributed by atoms with Gasteiger partial charge in [-0.3, -0.25) is 9.69 Å². The van der Waals surface area contributed by atoms with E-state index in [1.165, 1.54) is 0 Å². The average molecular weight is 377 g/mol. The summed E-state index contributed by atoms with van der Waals surface area (Å²) in [6.45, 7) is 10.4. The quantitative estimate of drug-likeness (QED) is 0.779. The maximum Gasteiger partial charge on any atom is 0.234 e. The first-order chi connectivity index (χ1) is 13.0. The van der Waals surface area contributed by atoms with E-state index in [-0.39, 0.29) is 5.91 Å². The van der Waals surface area contributed by atoms with Crippen LogP contribution in [0.2, 0.25) is 0 Å². The minimum Gasteiger partial charge on any atom is -0.481 e. The molecule has 150 valence electrons. The van der Waals surface area contributed by atoms with E-state index in [4.69, 9.17) is 4.74 Å². The molecule has 8 heteroatoms. The number of carbonyl (C=O) groups excluding carboxylic acids is 1. The molecule has 1 N–H and O–H groups in total. The van der Waals surface area contributed by atoms with Crippen molar-refractivity contribution in [2.45, 2.75) is 38.8 Å². The molecule has 0 radical (unpaired) electrons. The molecular weight excluding hydrogens is 344 g/mol. The maximum absolute atomic E-state index is 12.4. The van der Waals surface area contributed by atoms with Gasteiger partial charge in [-0.1, -0.05) is 0 Å².